The Morgan fingerprint density at radius 2 is 2.17 bits per heavy atom. The van der Waals surface area contributed by atoms with Gasteiger partial charge in [-0.2, -0.15) is 5.10 Å². The van der Waals surface area contributed by atoms with Gasteiger partial charge in [-0.05, 0) is 19.3 Å². The molecule has 1 N–H and O–H groups in total. The largest absolute Gasteiger partial charge is 0.373 e. The lowest BCUT2D eigenvalue weighted by Gasteiger charge is -2.38. The molecule has 1 fully saturated rings. The number of nitrogens with zero attached hydrogens (tertiary/aromatic N) is 5. The molecule has 0 radical (unpaired) electrons. The van der Waals surface area contributed by atoms with Crippen LogP contribution >= 0.6 is 0 Å². The monoisotopic (exact) mass is 336 g/mol. The van der Waals surface area contributed by atoms with Crippen LogP contribution in [0.25, 0.3) is 0 Å². The van der Waals surface area contributed by atoms with Gasteiger partial charge in [-0.15, -0.1) is 0 Å². The van der Waals surface area contributed by atoms with Gasteiger partial charge in [0.1, 0.15) is 12.2 Å². The van der Waals surface area contributed by atoms with Crippen LogP contribution < -0.4 is 5.32 Å². The fourth-order valence-electron chi connectivity index (χ4n) is 3.26. The second kappa shape index (κ2) is 9.01. The minimum Gasteiger partial charge on any atom is -0.373 e. The third kappa shape index (κ3) is 4.93. The van der Waals surface area contributed by atoms with Crippen LogP contribution in [0.3, 0.4) is 0 Å². The molecule has 1 aliphatic carbocycles. The van der Waals surface area contributed by atoms with Gasteiger partial charge in [0.05, 0.1) is 12.1 Å². The Morgan fingerprint density at radius 1 is 1.42 bits per heavy atom. The van der Waals surface area contributed by atoms with Crippen LogP contribution in [0.15, 0.2) is 11.3 Å². The summed E-state index contributed by atoms with van der Waals surface area (Å²) in [5.74, 6) is 1.78. The molecule has 1 aromatic rings. The van der Waals surface area contributed by atoms with Gasteiger partial charge < -0.3 is 15.0 Å². The first-order chi connectivity index (χ1) is 11.6. The van der Waals surface area contributed by atoms with Gasteiger partial charge in [0.25, 0.3) is 0 Å². The third-order valence-electron chi connectivity index (χ3n) is 4.70. The van der Waals surface area contributed by atoms with E-state index in [4.69, 9.17) is 4.74 Å². The van der Waals surface area contributed by atoms with E-state index in [2.05, 4.69) is 32.2 Å². The van der Waals surface area contributed by atoms with Crippen molar-refractivity contribution >= 4 is 5.96 Å². The Kier molecular flexibility index (Phi) is 7.02. The normalized spacial score (nSPS) is 17.8. The quantitative estimate of drug-likeness (QED) is 0.609. The topological polar surface area (TPSA) is 67.6 Å². The van der Waals surface area contributed by atoms with Crippen LogP contribution in [0.4, 0.5) is 0 Å². The van der Waals surface area contributed by atoms with E-state index in [1.165, 1.54) is 19.3 Å². The second-order valence-corrected chi connectivity index (χ2v) is 6.65. The van der Waals surface area contributed by atoms with Crippen molar-refractivity contribution in [3.63, 3.8) is 0 Å². The van der Waals surface area contributed by atoms with Crippen molar-refractivity contribution < 1.29 is 4.74 Å². The number of nitrogens with one attached hydrogen (secondary N) is 1. The van der Waals surface area contributed by atoms with Crippen LogP contribution in [-0.2, 0) is 18.3 Å². The molecule has 0 atom stereocenters. The molecule has 136 valence electrons. The number of aromatic nitrogens is 3. The summed E-state index contributed by atoms with van der Waals surface area (Å²) in [5.41, 5.74) is -0.0458. The standard InChI is InChI=1S/C17H32N6O/c1-5-11-24-17(9-7-6-8-10-17)13-19-16(18-2)22(3)12-15-20-14-21-23(15)4/h14H,5-13H2,1-4H3,(H,18,19). The molecule has 7 heteroatoms. The van der Waals surface area contributed by atoms with Gasteiger partial charge in [-0.25, -0.2) is 4.98 Å². The Morgan fingerprint density at radius 3 is 2.75 bits per heavy atom. The molecule has 0 spiro atoms. The van der Waals surface area contributed by atoms with Crippen LogP contribution in [0, 0.1) is 0 Å². The number of rotatable bonds is 7. The molecule has 0 amide bonds. The van der Waals surface area contributed by atoms with Crippen LogP contribution in [0.1, 0.15) is 51.3 Å². The molecule has 0 aromatic carbocycles. The smallest absolute Gasteiger partial charge is 0.193 e. The lowest BCUT2D eigenvalue weighted by molar-refractivity contribution is -0.0659. The molecule has 0 saturated heterocycles. The number of aliphatic imine (C=N–C) groups is 1. The van der Waals surface area contributed by atoms with Crippen molar-refractivity contribution in [2.45, 2.75) is 57.6 Å². The van der Waals surface area contributed by atoms with E-state index in [1.54, 1.807) is 11.0 Å². The number of guanidine groups is 1. The zero-order valence-corrected chi connectivity index (χ0v) is 15.6. The Balaban J connectivity index is 1.94. The molecule has 1 saturated carbocycles. The first kappa shape index (κ1) is 18.7. The highest BCUT2D eigenvalue weighted by Crippen LogP contribution is 2.31. The Hall–Kier alpha value is -1.63. The predicted octanol–water partition coefficient (Wildman–Crippen LogP) is 1.95. The van der Waals surface area contributed by atoms with Crippen molar-refractivity contribution in [3.8, 4) is 0 Å². The number of ether oxygens (including phenoxy) is 1. The SMILES string of the molecule is CCCOC1(CNC(=NC)N(C)Cc2ncnn2C)CCCCC1. The average Bonchev–Trinajstić information content (AvgIpc) is 2.99. The van der Waals surface area contributed by atoms with E-state index in [9.17, 15) is 0 Å². The third-order valence-corrected chi connectivity index (χ3v) is 4.70. The summed E-state index contributed by atoms with van der Waals surface area (Å²) in [6.45, 7) is 4.47. The summed E-state index contributed by atoms with van der Waals surface area (Å²) >= 11 is 0. The fraction of sp³-hybridized carbons (Fsp3) is 0.824. The lowest BCUT2D eigenvalue weighted by Crippen LogP contribution is -2.50. The minimum atomic E-state index is -0.0458. The summed E-state index contributed by atoms with van der Waals surface area (Å²) < 4.78 is 8.05. The lowest BCUT2D eigenvalue weighted by atomic mass is 9.84. The molecular formula is C17H32N6O. The summed E-state index contributed by atoms with van der Waals surface area (Å²) in [6.07, 6.45) is 8.71. The predicted molar refractivity (Wildman–Crippen MR) is 95.9 cm³/mol. The molecule has 7 nitrogen and oxygen atoms in total. The molecule has 1 heterocycles. The second-order valence-electron chi connectivity index (χ2n) is 6.65. The summed E-state index contributed by atoms with van der Waals surface area (Å²) in [4.78, 5) is 10.8. The maximum atomic E-state index is 6.26. The van der Waals surface area contributed by atoms with Crippen molar-refractivity contribution in [1.29, 1.82) is 0 Å². The van der Waals surface area contributed by atoms with Gasteiger partial charge in [0.2, 0.25) is 0 Å². The molecule has 0 bridgehead atoms. The number of hydrogen-bond acceptors (Lipinski definition) is 4. The molecule has 0 aliphatic heterocycles. The molecule has 1 aromatic heterocycles. The number of aryl methyl sites for hydroxylation is 1. The first-order valence-electron chi connectivity index (χ1n) is 8.99. The van der Waals surface area contributed by atoms with Gasteiger partial charge >= 0.3 is 0 Å². The van der Waals surface area contributed by atoms with E-state index in [0.29, 0.717) is 6.54 Å². The minimum absolute atomic E-state index is 0.0458. The Bertz CT molecular complexity index is 521. The van der Waals surface area contributed by atoms with E-state index in [1.807, 2.05) is 21.1 Å². The summed E-state index contributed by atoms with van der Waals surface area (Å²) in [7, 11) is 5.74. The van der Waals surface area contributed by atoms with Gasteiger partial charge in [-0.1, -0.05) is 26.2 Å². The van der Waals surface area contributed by atoms with Crippen molar-refractivity contribution in [3.05, 3.63) is 12.2 Å². The molecular weight excluding hydrogens is 304 g/mol. The highest BCUT2D eigenvalue weighted by atomic mass is 16.5. The van der Waals surface area contributed by atoms with E-state index < -0.39 is 0 Å². The zero-order chi connectivity index (χ0) is 17.4. The van der Waals surface area contributed by atoms with Crippen LogP contribution in [-0.4, -0.2) is 58.5 Å². The first-order valence-corrected chi connectivity index (χ1v) is 8.99. The van der Waals surface area contributed by atoms with Crippen LogP contribution in [0.2, 0.25) is 0 Å². The molecule has 0 unspecified atom stereocenters. The molecule has 2 rings (SSSR count). The maximum absolute atomic E-state index is 6.26. The highest BCUT2D eigenvalue weighted by molar-refractivity contribution is 5.79. The van der Waals surface area contributed by atoms with Crippen molar-refractivity contribution in [1.82, 2.24) is 25.0 Å². The van der Waals surface area contributed by atoms with E-state index >= 15 is 0 Å². The number of hydrogen-bond donors (Lipinski definition) is 1. The van der Waals surface area contributed by atoms with Gasteiger partial charge in [0, 0.05) is 34.3 Å². The maximum Gasteiger partial charge on any atom is 0.193 e. The summed E-state index contributed by atoms with van der Waals surface area (Å²) in [6, 6.07) is 0. The van der Waals surface area contributed by atoms with Gasteiger partial charge in [-0.3, -0.25) is 9.67 Å². The van der Waals surface area contributed by atoms with Crippen molar-refractivity contribution in [2.24, 2.45) is 12.0 Å². The summed E-state index contributed by atoms with van der Waals surface area (Å²) in [5, 5.41) is 7.63. The molecule has 24 heavy (non-hydrogen) atoms. The zero-order valence-electron chi connectivity index (χ0n) is 15.6. The van der Waals surface area contributed by atoms with Crippen LogP contribution in [0.5, 0.6) is 0 Å². The fourth-order valence-corrected chi connectivity index (χ4v) is 3.26. The van der Waals surface area contributed by atoms with Gasteiger partial charge in [0.15, 0.2) is 5.96 Å². The molecule has 1 aliphatic rings. The highest BCUT2D eigenvalue weighted by Gasteiger charge is 2.33. The van der Waals surface area contributed by atoms with E-state index in [0.717, 1.165) is 44.2 Å². The average molecular weight is 336 g/mol. The van der Waals surface area contributed by atoms with Crippen molar-refractivity contribution in [2.75, 3.05) is 27.2 Å². The Labute approximate surface area is 145 Å². The van der Waals surface area contributed by atoms with E-state index in [-0.39, 0.29) is 5.60 Å².